The maximum absolute atomic E-state index is 12.7. The highest BCUT2D eigenvalue weighted by atomic mass is 32.2. The standard InChI is InChI=1S/C13H20N2O4S/c1-6-7-15(8(2)3)20(18,19)12-9(4)11(13(16)17)14-10(12)5/h6,8,14H,1,7H2,2-5H3,(H,16,17). The van der Waals surface area contributed by atoms with Gasteiger partial charge in [-0.1, -0.05) is 6.08 Å². The van der Waals surface area contributed by atoms with Gasteiger partial charge in [0.15, 0.2) is 0 Å². The number of aromatic carboxylic acids is 1. The lowest BCUT2D eigenvalue weighted by molar-refractivity contribution is 0.0690. The topological polar surface area (TPSA) is 90.5 Å². The van der Waals surface area contributed by atoms with Crippen LogP contribution >= 0.6 is 0 Å². The molecule has 0 saturated heterocycles. The Morgan fingerprint density at radius 3 is 2.35 bits per heavy atom. The van der Waals surface area contributed by atoms with E-state index in [4.69, 9.17) is 5.11 Å². The van der Waals surface area contributed by atoms with Gasteiger partial charge in [0.05, 0.1) is 0 Å². The van der Waals surface area contributed by atoms with E-state index in [2.05, 4.69) is 11.6 Å². The number of nitrogens with one attached hydrogen (secondary N) is 1. The number of carbonyl (C=O) groups is 1. The average Bonchev–Trinajstić information content (AvgIpc) is 2.61. The highest BCUT2D eigenvalue weighted by Crippen LogP contribution is 2.27. The molecule has 0 aliphatic rings. The van der Waals surface area contributed by atoms with Crippen LogP contribution in [-0.2, 0) is 10.0 Å². The fourth-order valence-corrected chi connectivity index (χ4v) is 4.18. The van der Waals surface area contributed by atoms with Crippen molar-refractivity contribution in [3.05, 3.63) is 29.6 Å². The number of carboxylic acids is 1. The van der Waals surface area contributed by atoms with Crippen molar-refractivity contribution in [3.63, 3.8) is 0 Å². The number of hydrogen-bond acceptors (Lipinski definition) is 3. The zero-order valence-corrected chi connectivity index (χ0v) is 12.9. The third-order valence-electron chi connectivity index (χ3n) is 3.03. The summed E-state index contributed by atoms with van der Waals surface area (Å²) in [6.07, 6.45) is 1.51. The SMILES string of the molecule is C=CCN(C(C)C)S(=O)(=O)c1c(C)[nH]c(C(=O)O)c1C. The van der Waals surface area contributed by atoms with E-state index in [1.54, 1.807) is 20.8 Å². The van der Waals surface area contributed by atoms with Crippen molar-refractivity contribution in [1.82, 2.24) is 9.29 Å². The molecular formula is C13H20N2O4S. The van der Waals surface area contributed by atoms with E-state index in [-0.39, 0.29) is 28.7 Å². The molecule has 7 heteroatoms. The molecule has 0 aromatic carbocycles. The first-order valence-electron chi connectivity index (χ1n) is 6.19. The van der Waals surface area contributed by atoms with Gasteiger partial charge in [0.2, 0.25) is 10.0 Å². The molecule has 0 atom stereocenters. The minimum absolute atomic E-state index is 0.0328. The van der Waals surface area contributed by atoms with Gasteiger partial charge in [-0.2, -0.15) is 4.31 Å². The highest BCUT2D eigenvalue weighted by molar-refractivity contribution is 7.89. The fourth-order valence-electron chi connectivity index (χ4n) is 2.16. The van der Waals surface area contributed by atoms with Gasteiger partial charge < -0.3 is 10.1 Å². The van der Waals surface area contributed by atoms with Crippen molar-refractivity contribution in [2.24, 2.45) is 0 Å². The molecule has 20 heavy (non-hydrogen) atoms. The summed E-state index contributed by atoms with van der Waals surface area (Å²) < 4.78 is 26.7. The van der Waals surface area contributed by atoms with Crippen LogP contribution in [0.3, 0.4) is 0 Å². The molecule has 1 aromatic heterocycles. The van der Waals surface area contributed by atoms with Crippen LogP contribution in [0.1, 0.15) is 35.6 Å². The lowest BCUT2D eigenvalue weighted by Gasteiger charge is -2.24. The first-order chi connectivity index (χ1) is 9.14. The van der Waals surface area contributed by atoms with Gasteiger partial charge in [-0.05, 0) is 27.7 Å². The van der Waals surface area contributed by atoms with E-state index in [0.29, 0.717) is 5.69 Å². The van der Waals surface area contributed by atoms with E-state index in [0.717, 1.165) is 0 Å². The van der Waals surface area contributed by atoms with Crippen molar-refractivity contribution >= 4 is 16.0 Å². The second kappa shape index (κ2) is 5.80. The smallest absolute Gasteiger partial charge is 0.352 e. The monoisotopic (exact) mass is 300 g/mol. The summed E-state index contributed by atoms with van der Waals surface area (Å²) in [5.74, 6) is -1.17. The number of sulfonamides is 1. The molecule has 0 saturated carbocycles. The molecule has 0 amide bonds. The zero-order chi connectivity index (χ0) is 15.7. The van der Waals surface area contributed by atoms with Crippen LogP contribution in [0.15, 0.2) is 17.6 Å². The fraction of sp³-hybridized carbons (Fsp3) is 0.462. The first-order valence-corrected chi connectivity index (χ1v) is 7.63. The summed E-state index contributed by atoms with van der Waals surface area (Å²) in [4.78, 5) is 13.7. The van der Waals surface area contributed by atoms with Crippen molar-refractivity contribution in [3.8, 4) is 0 Å². The molecule has 0 fully saturated rings. The van der Waals surface area contributed by atoms with Crippen molar-refractivity contribution in [1.29, 1.82) is 0 Å². The average molecular weight is 300 g/mol. The van der Waals surface area contributed by atoms with E-state index in [9.17, 15) is 13.2 Å². The van der Waals surface area contributed by atoms with Gasteiger partial charge in [-0.15, -0.1) is 6.58 Å². The summed E-state index contributed by atoms with van der Waals surface area (Å²) in [5.41, 5.74) is 0.461. The minimum atomic E-state index is -3.77. The molecular weight excluding hydrogens is 280 g/mol. The number of aromatic amines is 1. The first kappa shape index (κ1) is 16.5. The summed E-state index contributed by atoms with van der Waals surface area (Å²) in [6, 6.07) is -0.250. The van der Waals surface area contributed by atoms with Gasteiger partial charge >= 0.3 is 5.97 Å². The Bertz CT molecular complexity index is 629. The second-order valence-electron chi connectivity index (χ2n) is 4.84. The number of rotatable bonds is 6. The van der Waals surface area contributed by atoms with Crippen molar-refractivity contribution < 1.29 is 18.3 Å². The van der Waals surface area contributed by atoms with Gasteiger partial charge in [-0.3, -0.25) is 0 Å². The van der Waals surface area contributed by atoms with Crippen molar-refractivity contribution in [2.75, 3.05) is 6.54 Å². The van der Waals surface area contributed by atoms with E-state index in [1.165, 1.54) is 17.3 Å². The molecule has 1 rings (SSSR count). The summed E-state index contributed by atoms with van der Waals surface area (Å²) in [5, 5.41) is 9.06. The maximum Gasteiger partial charge on any atom is 0.352 e. The van der Waals surface area contributed by atoms with Gasteiger partial charge in [0.25, 0.3) is 0 Å². The zero-order valence-electron chi connectivity index (χ0n) is 12.1. The quantitative estimate of drug-likeness (QED) is 0.785. The number of aryl methyl sites for hydroxylation is 1. The maximum atomic E-state index is 12.7. The molecule has 1 aromatic rings. The Hall–Kier alpha value is -1.60. The second-order valence-corrected chi connectivity index (χ2v) is 6.67. The Kier molecular flexibility index (Phi) is 4.77. The number of carboxylic acid groups (broad SMARTS) is 1. The van der Waals surface area contributed by atoms with Crippen molar-refractivity contribution in [2.45, 2.75) is 38.6 Å². The molecule has 2 N–H and O–H groups in total. The molecule has 6 nitrogen and oxygen atoms in total. The van der Waals surface area contributed by atoms with Crippen LogP contribution in [0.4, 0.5) is 0 Å². The Labute approximate surface area is 119 Å². The van der Waals surface area contributed by atoms with E-state index >= 15 is 0 Å². The Morgan fingerprint density at radius 1 is 1.45 bits per heavy atom. The van der Waals surface area contributed by atoms with Gasteiger partial charge in [-0.25, -0.2) is 13.2 Å². The third kappa shape index (κ3) is 2.78. The molecule has 0 aliphatic heterocycles. The largest absolute Gasteiger partial charge is 0.477 e. The van der Waals surface area contributed by atoms with Gasteiger partial charge in [0, 0.05) is 23.8 Å². The van der Waals surface area contributed by atoms with Crippen LogP contribution in [0.5, 0.6) is 0 Å². The Morgan fingerprint density at radius 2 is 2.00 bits per heavy atom. The summed E-state index contributed by atoms with van der Waals surface area (Å²) >= 11 is 0. The third-order valence-corrected chi connectivity index (χ3v) is 5.35. The molecule has 0 spiro atoms. The molecule has 0 unspecified atom stereocenters. The molecule has 112 valence electrons. The van der Waals surface area contributed by atoms with Gasteiger partial charge in [0.1, 0.15) is 10.6 Å². The minimum Gasteiger partial charge on any atom is -0.477 e. The van der Waals surface area contributed by atoms with Crippen LogP contribution < -0.4 is 0 Å². The van der Waals surface area contributed by atoms with Crippen LogP contribution in [0.25, 0.3) is 0 Å². The highest BCUT2D eigenvalue weighted by Gasteiger charge is 2.32. The molecule has 0 aliphatic carbocycles. The summed E-state index contributed by atoms with van der Waals surface area (Å²) in [6.45, 7) is 10.3. The summed E-state index contributed by atoms with van der Waals surface area (Å²) in [7, 11) is -3.77. The number of hydrogen-bond donors (Lipinski definition) is 2. The lowest BCUT2D eigenvalue weighted by Crippen LogP contribution is -2.37. The number of H-pyrrole nitrogens is 1. The predicted molar refractivity (Wildman–Crippen MR) is 76.5 cm³/mol. The number of nitrogens with zero attached hydrogens (tertiary/aromatic N) is 1. The van der Waals surface area contributed by atoms with Crippen LogP contribution in [0.2, 0.25) is 0 Å². The van der Waals surface area contributed by atoms with Crippen LogP contribution in [0, 0.1) is 13.8 Å². The van der Waals surface area contributed by atoms with Crippen LogP contribution in [-0.4, -0.2) is 41.4 Å². The van der Waals surface area contributed by atoms with E-state index < -0.39 is 16.0 Å². The number of aromatic nitrogens is 1. The molecule has 1 heterocycles. The molecule has 0 bridgehead atoms. The lowest BCUT2D eigenvalue weighted by atomic mass is 10.2. The predicted octanol–water partition coefficient (Wildman–Crippen LogP) is 1.91. The molecule has 0 radical (unpaired) electrons. The Balaban J connectivity index is 3.49. The van der Waals surface area contributed by atoms with E-state index in [1.807, 2.05) is 0 Å². The normalized spacial score (nSPS) is 12.1.